The maximum absolute atomic E-state index is 11.4. The molecule has 0 spiro atoms. The highest BCUT2D eigenvalue weighted by Gasteiger charge is 2.09. The molecule has 0 radical (unpaired) electrons. The first-order valence-electron chi connectivity index (χ1n) is 10.1. The van der Waals surface area contributed by atoms with E-state index in [0.717, 1.165) is 33.6 Å². The largest absolute Gasteiger partial charge is 0.417 e. The van der Waals surface area contributed by atoms with Gasteiger partial charge < -0.3 is 15.1 Å². The number of aryl methyl sites for hydroxylation is 2. The molecule has 0 bridgehead atoms. The lowest BCUT2D eigenvalue weighted by molar-refractivity contribution is 0.555. The van der Waals surface area contributed by atoms with Crippen molar-refractivity contribution < 1.29 is 4.42 Å². The fourth-order valence-corrected chi connectivity index (χ4v) is 3.46. The van der Waals surface area contributed by atoms with E-state index < -0.39 is 5.76 Å². The fraction of sp³-hybridized carbons (Fsp3) is 0.0833. The molecule has 3 N–H and O–H groups in total. The average Bonchev–Trinajstić information content (AvgIpc) is 3.17. The van der Waals surface area contributed by atoms with Crippen molar-refractivity contribution in [2.24, 2.45) is 0 Å². The fourth-order valence-electron chi connectivity index (χ4n) is 3.46. The van der Waals surface area contributed by atoms with Gasteiger partial charge in [-0.3, -0.25) is 9.97 Å². The van der Waals surface area contributed by atoms with Crippen LogP contribution in [0.3, 0.4) is 0 Å². The third kappa shape index (κ3) is 3.93. The lowest BCUT2D eigenvalue weighted by atomic mass is 10.0. The number of hydrogen-bond donors (Lipinski definition) is 3. The minimum absolute atomic E-state index is 0.469. The van der Waals surface area contributed by atoms with Crippen LogP contribution in [-0.2, 0) is 0 Å². The number of pyridine rings is 1. The highest BCUT2D eigenvalue weighted by molar-refractivity contribution is 5.78. The van der Waals surface area contributed by atoms with Gasteiger partial charge in [0.15, 0.2) is 5.58 Å². The Morgan fingerprint density at radius 3 is 2.62 bits per heavy atom. The summed E-state index contributed by atoms with van der Waals surface area (Å²) in [6.07, 6.45) is 5.37. The summed E-state index contributed by atoms with van der Waals surface area (Å²) in [7, 11) is 0. The van der Waals surface area contributed by atoms with Gasteiger partial charge in [0, 0.05) is 41.1 Å². The van der Waals surface area contributed by atoms with Crippen LogP contribution in [0, 0.1) is 13.8 Å². The Labute approximate surface area is 183 Å². The smallest absolute Gasteiger partial charge is 0.408 e. The van der Waals surface area contributed by atoms with Crippen molar-refractivity contribution in [3.8, 4) is 11.1 Å². The number of aromatic nitrogens is 4. The second-order valence-electron chi connectivity index (χ2n) is 7.47. The molecule has 5 rings (SSSR count). The standard InChI is InChI=1S/C24H20N6O2/c1-14-5-6-17(10-19(14)16-4-3-9-25-13-16)28-23-26-12-15(2)22(30-23)27-18-7-8-21-20(11-18)29-24(31)32-21/h3-13H,1-2H3,(H,29,31)(H2,26,27,28,30). The minimum Gasteiger partial charge on any atom is -0.408 e. The molecule has 0 amide bonds. The molecule has 5 aromatic rings. The predicted molar refractivity (Wildman–Crippen MR) is 125 cm³/mol. The first-order valence-corrected chi connectivity index (χ1v) is 10.1. The molecule has 0 aliphatic heterocycles. The number of rotatable bonds is 5. The summed E-state index contributed by atoms with van der Waals surface area (Å²) in [5.74, 6) is 0.648. The number of fused-ring (bicyclic) bond motifs is 1. The molecule has 3 aromatic heterocycles. The molecule has 8 nitrogen and oxygen atoms in total. The van der Waals surface area contributed by atoms with Gasteiger partial charge in [-0.2, -0.15) is 4.98 Å². The van der Waals surface area contributed by atoms with E-state index in [2.05, 4.69) is 49.6 Å². The second-order valence-corrected chi connectivity index (χ2v) is 7.47. The van der Waals surface area contributed by atoms with Crippen LogP contribution in [0.15, 0.2) is 76.3 Å². The number of H-pyrrole nitrogens is 1. The molecule has 2 aromatic carbocycles. The average molecular weight is 424 g/mol. The Kier molecular flexibility index (Phi) is 4.87. The van der Waals surface area contributed by atoms with Crippen molar-refractivity contribution in [3.05, 3.63) is 88.8 Å². The lowest BCUT2D eigenvalue weighted by Crippen LogP contribution is -2.03. The lowest BCUT2D eigenvalue weighted by Gasteiger charge is -2.13. The first kappa shape index (κ1) is 19.5. The summed E-state index contributed by atoms with van der Waals surface area (Å²) in [6, 6.07) is 15.4. The number of anilines is 4. The van der Waals surface area contributed by atoms with E-state index in [1.165, 1.54) is 0 Å². The Balaban J connectivity index is 1.42. The van der Waals surface area contributed by atoms with Crippen LogP contribution < -0.4 is 16.4 Å². The van der Waals surface area contributed by atoms with Crippen LogP contribution in [0.1, 0.15) is 11.1 Å². The number of benzene rings is 2. The second kappa shape index (κ2) is 7.99. The van der Waals surface area contributed by atoms with Crippen molar-refractivity contribution in [2.45, 2.75) is 13.8 Å². The molecule has 0 saturated heterocycles. The zero-order chi connectivity index (χ0) is 22.1. The van der Waals surface area contributed by atoms with E-state index in [4.69, 9.17) is 4.42 Å². The molecule has 158 valence electrons. The molecule has 0 fully saturated rings. The van der Waals surface area contributed by atoms with E-state index in [9.17, 15) is 4.79 Å². The molecule has 0 unspecified atom stereocenters. The number of nitrogens with zero attached hydrogens (tertiary/aromatic N) is 3. The summed E-state index contributed by atoms with van der Waals surface area (Å²) < 4.78 is 5.05. The van der Waals surface area contributed by atoms with Crippen LogP contribution in [-0.4, -0.2) is 19.9 Å². The number of nitrogens with one attached hydrogen (secondary N) is 3. The first-order chi connectivity index (χ1) is 15.5. The van der Waals surface area contributed by atoms with E-state index in [1.54, 1.807) is 24.5 Å². The van der Waals surface area contributed by atoms with Crippen LogP contribution in [0.25, 0.3) is 22.2 Å². The quantitative estimate of drug-likeness (QED) is 0.361. The van der Waals surface area contributed by atoms with Crippen molar-refractivity contribution in [2.75, 3.05) is 10.6 Å². The molecule has 32 heavy (non-hydrogen) atoms. The summed E-state index contributed by atoms with van der Waals surface area (Å²) in [5, 5.41) is 6.57. The van der Waals surface area contributed by atoms with Gasteiger partial charge in [0.05, 0.1) is 5.52 Å². The van der Waals surface area contributed by atoms with Crippen molar-refractivity contribution >= 4 is 34.2 Å². The molecule has 0 atom stereocenters. The van der Waals surface area contributed by atoms with Crippen molar-refractivity contribution in [3.63, 3.8) is 0 Å². The zero-order valence-electron chi connectivity index (χ0n) is 17.5. The topological polar surface area (TPSA) is 109 Å². The molecular weight excluding hydrogens is 404 g/mol. The van der Waals surface area contributed by atoms with Gasteiger partial charge in [0.1, 0.15) is 5.82 Å². The highest BCUT2D eigenvalue weighted by Crippen LogP contribution is 2.28. The molecule has 0 saturated carbocycles. The Morgan fingerprint density at radius 1 is 0.938 bits per heavy atom. The van der Waals surface area contributed by atoms with E-state index in [0.29, 0.717) is 22.9 Å². The molecular formula is C24H20N6O2. The van der Waals surface area contributed by atoms with E-state index >= 15 is 0 Å². The predicted octanol–water partition coefficient (Wildman–Crippen LogP) is 5.08. The van der Waals surface area contributed by atoms with Gasteiger partial charge in [-0.15, -0.1) is 0 Å². The molecule has 0 aliphatic rings. The van der Waals surface area contributed by atoms with E-state index in [1.807, 2.05) is 37.4 Å². The Bertz CT molecular complexity index is 1470. The van der Waals surface area contributed by atoms with Gasteiger partial charge in [-0.25, -0.2) is 9.78 Å². The van der Waals surface area contributed by atoms with Crippen molar-refractivity contribution in [1.82, 2.24) is 19.9 Å². The number of aromatic amines is 1. The van der Waals surface area contributed by atoms with Crippen LogP contribution >= 0.6 is 0 Å². The van der Waals surface area contributed by atoms with E-state index in [-0.39, 0.29) is 0 Å². The molecule has 8 heteroatoms. The summed E-state index contributed by atoms with van der Waals surface area (Å²) in [4.78, 5) is 27.3. The molecule has 0 aliphatic carbocycles. The number of oxazole rings is 1. The van der Waals surface area contributed by atoms with Crippen LogP contribution in [0.5, 0.6) is 0 Å². The van der Waals surface area contributed by atoms with Gasteiger partial charge in [-0.1, -0.05) is 12.1 Å². The summed E-state index contributed by atoms with van der Waals surface area (Å²) in [5.41, 5.74) is 6.96. The third-order valence-corrected chi connectivity index (χ3v) is 5.12. The van der Waals surface area contributed by atoms with Gasteiger partial charge in [0.2, 0.25) is 5.95 Å². The van der Waals surface area contributed by atoms with Crippen LogP contribution in [0.2, 0.25) is 0 Å². The van der Waals surface area contributed by atoms with Gasteiger partial charge in [-0.05, 0) is 61.4 Å². The van der Waals surface area contributed by atoms with Crippen molar-refractivity contribution in [1.29, 1.82) is 0 Å². The summed E-state index contributed by atoms with van der Waals surface area (Å²) in [6.45, 7) is 4.00. The monoisotopic (exact) mass is 424 g/mol. The number of hydrogen-bond acceptors (Lipinski definition) is 7. The molecule has 3 heterocycles. The highest BCUT2D eigenvalue weighted by atomic mass is 16.4. The Morgan fingerprint density at radius 2 is 1.78 bits per heavy atom. The Hall–Kier alpha value is -4.46. The van der Waals surface area contributed by atoms with Gasteiger partial charge in [0.25, 0.3) is 0 Å². The van der Waals surface area contributed by atoms with Crippen LogP contribution in [0.4, 0.5) is 23.1 Å². The third-order valence-electron chi connectivity index (χ3n) is 5.12. The zero-order valence-corrected chi connectivity index (χ0v) is 17.5. The maximum atomic E-state index is 11.4. The normalized spacial score (nSPS) is 10.9. The van der Waals surface area contributed by atoms with Gasteiger partial charge >= 0.3 is 5.76 Å². The maximum Gasteiger partial charge on any atom is 0.417 e. The summed E-state index contributed by atoms with van der Waals surface area (Å²) >= 11 is 0. The minimum atomic E-state index is -0.481. The SMILES string of the molecule is Cc1ccc(Nc2ncc(C)c(Nc3ccc4oc(=O)[nH]c4c3)n2)cc1-c1cccnc1.